The van der Waals surface area contributed by atoms with E-state index < -0.39 is 18.0 Å². The second kappa shape index (κ2) is 8.09. The minimum atomic E-state index is -0.539. The third-order valence-electron chi connectivity index (χ3n) is 3.21. The van der Waals surface area contributed by atoms with Crippen molar-refractivity contribution in [2.45, 2.75) is 31.2 Å². The molecule has 0 saturated heterocycles. The Morgan fingerprint density at radius 2 is 2.04 bits per heavy atom. The highest BCUT2D eigenvalue weighted by Gasteiger charge is 2.27. The van der Waals surface area contributed by atoms with Crippen molar-refractivity contribution in [2.75, 3.05) is 12.4 Å². The van der Waals surface area contributed by atoms with Crippen LogP contribution in [0.4, 0.5) is 4.79 Å². The quantitative estimate of drug-likeness (QED) is 0.758. The molecule has 2 heterocycles. The fraction of sp³-hybridized carbons (Fsp3) is 0.375. The SMILES string of the molecule is CC(C)NC(=O)NC(=O)CSc1nnc([C@@H]2COc3ccccc3O2)o1. The van der Waals surface area contributed by atoms with E-state index in [1.54, 1.807) is 19.9 Å². The molecule has 0 fully saturated rings. The first-order valence-corrected chi connectivity index (χ1v) is 8.95. The third-order valence-corrected chi connectivity index (χ3v) is 4.02. The Kier molecular flexibility index (Phi) is 5.61. The fourth-order valence-electron chi connectivity index (χ4n) is 2.14. The van der Waals surface area contributed by atoms with Crippen molar-refractivity contribution in [2.24, 2.45) is 0 Å². The Labute approximate surface area is 153 Å². The number of para-hydroxylation sites is 2. The van der Waals surface area contributed by atoms with Gasteiger partial charge in [0.15, 0.2) is 11.5 Å². The number of nitrogens with zero attached hydrogens (tertiary/aromatic N) is 2. The first-order chi connectivity index (χ1) is 12.5. The normalized spacial score (nSPS) is 15.6. The van der Waals surface area contributed by atoms with Crippen molar-refractivity contribution in [1.29, 1.82) is 0 Å². The molecule has 10 heteroatoms. The number of carbonyl (C=O) groups excluding carboxylic acids is 2. The Bertz CT molecular complexity index is 794. The first-order valence-electron chi connectivity index (χ1n) is 7.96. The molecule has 0 aliphatic carbocycles. The molecular formula is C16H18N4O5S. The highest BCUT2D eigenvalue weighted by Crippen LogP contribution is 2.35. The van der Waals surface area contributed by atoms with Crippen molar-refractivity contribution in [3.05, 3.63) is 30.2 Å². The molecule has 1 aliphatic heterocycles. The van der Waals surface area contributed by atoms with Gasteiger partial charge in [-0.1, -0.05) is 23.9 Å². The van der Waals surface area contributed by atoms with Gasteiger partial charge in [-0.3, -0.25) is 10.1 Å². The van der Waals surface area contributed by atoms with Crippen molar-refractivity contribution in [3.63, 3.8) is 0 Å². The van der Waals surface area contributed by atoms with Gasteiger partial charge in [0.1, 0.15) is 6.61 Å². The van der Waals surface area contributed by atoms with E-state index >= 15 is 0 Å². The number of hydrogen-bond donors (Lipinski definition) is 2. The largest absolute Gasteiger partial charge is 0.485 e. The minimum Gasteiger partial charge on any atom is -0.485 e. The maximum atomic E-state index is 11.7. The van der Waals surface area contributed by atoms with Crippen molar-refractivity contribution < 1.29 is 23.5 Å². The number of amides is 3. The van der Waals surface area contributed by atoms with Gasteiger partial charge in [0, 0.05) is 6.04 Å². The summed E-state index contributed by atoms with van der Waals surface area (Å²) in [5, 5.41) is 12.8. The predicted octanol–water partition coefficient (Wildman–Crippen LogP) is 1.91. The molecule has 26 heavy (non-hydrogen) atoms. The van der Waals surface area contributed by atoms with Gasteiger partial charge in [-0.2, -0.15) is 0 Å². The highest BCUT2D eigenvalue weighted by molar-refractivity contribution is 7.99. The zero-order valence-electron chi connectivity index (χ0n) is 14.2. The number of nitrogens with one attached hydrogen (secondary N) is 2. The third kappa shape index (κ3) is 4.66. The van der Waals surface area contributed by atoms with Gasteiger partial charge in [0.25, 0.3) is 11.1 Å². The van der Waals surface area contributed by atoms with Crippen LogP contribution in [-0.4, -0.2) is 40.5 Å². The van der Waals surface area contributed by atoms with E-state index in [-0.39, 0.29) is 29.5 Å². The molecule has 1 aromatic heterocycles. The lowest BCUT2D eigenvalue weighted by molar-refractivity contribution is -0.117. The maximum absolute atomic E-state index is 11.7. The van der Waals surface area contributed by atoms with Gasteiger partial charge in [-0.15, -0.1) is 10.2 Å². The number of benzene rings is 1. The van der Waals surface area contributed by atoms with E-state index in [1.807, 2.05) is 18.2 Å². The number of aromatic nitrogens is 2. The van der Waals surface area contributed by atoms with Gasteiger partial charge < -0.3 is 19.2 Å². The Balaban J connectivity index is 1.51. The summed E-state index contributed by atoms with van der Waals surface area (Å²) in [5.41, 5.74) is 0. The summed E-state index contributed by atoms with van der Waals surface area (Å²) >= 11 is 1.03. The van der Waals surface area contributed by atoms with Crippen molar-refractivity contribution >= 4 is 23.7 Å². The van der Waals surface area contributed by atoms with Crippen LogP contribution in [0.5, 0.6) is 11.5 Å². The minimum absolute atomic E-state index is 0.0298. The number of thioether (sulfide) groups is 1. The van der Waals surface area contributed by atoms with Crippen LogP contribution < -0.4 is 20.1 Å². The van der Waals surface area contributed by atoms with E-state index in [1.165, 1.54) is 0 Å². The van der Waals surface area contributed by atoms with Crippen LogP contribution in [0.2, 0.25) is 0 Å². The van der Waals surface area contributed by atoms with Crippen LogP contribution >= 0.6 is 11.8 Å². The molecule has 0 saturated carbocycles. The number of fused-ring (bicyclic) bond motifs is 1. The Hall–Kier alpha value is -2.75. The summed E-state index contributed by atoms with van der Waals surface area (Å²) in [6.07, 6.45) is -0.516. The van der Waals surface area contributed by atoms with E-state index in [9.17, 15) is 9.59 Å². The molecule has 0 radical (unpaired) electrons. The van der Waals surface area contributed by atoms with Crippen LogP contribution in [0.3, 0.4) is 0 Å². The zero-order chi connectivity index (χ0) is 18.5. The number of rotatable bonds is 5. The fourth-order valence-corrected chi connectivity index (χ4v) is 2.71. The van der Waals surface area contributed by atoms with Gasteiger partial charge >= 0.3 is 6.03 Å². The van der Waals surface area contributed by atoms with Crippen LogP contribution in [-0.2, 0) is 4.79 Å². The molecule has 3 amide bonds. The molecule has 9 nitrogen and oxygen atoms in total. The maximum Gasteiger partial charge on any atom is 0.321 e. The monoisotopic (exact) mass is 378 g/mol. The van der Waals surface area contributed by atoms with Gasteiger partial charge in [-0.05, 0) is 26.0 Å². The number of imide groups is 1. The summed E-state index contributed by atoms with van der Waals surface area (Å²) in [6.45, 7) is 3.85. The van der Waals surface area contributed by atoms with Gasteiger partial charge in [-0.25, -0.2) is 4.79 Å². The molecule has 3 rings (SSSR count). The number of ether oxygens (including phenoxy) is 2. The number of urea groups is 1. The van der Waals surface area contributed by atoms with E-state index in [4.69, 9.17) is 13.9 Å². The lowest BCUT2D eigenvalue weighted by Gasteiger charge is -2.23. The van der Waals surface area contributed by atoms with Crippen molar-refractivity contribution in [3.8, 4) is 11.5 Å². The number of hydrogen-bond acceptors (Lipinski definition) is 8. The van der Waals surface area contributed by atoms with Crippen molar-refractivity contribution in [1.82, 2.24) is 20.8 Å². The molecule has 138 valence electrons. The predicted molar refractivity (Wildman–Crippen MR) is 92.1 cm³/mol. The van der Waals surface area contributed by atoms with Crippen LogP contribution in [0.15, 0.2) is 33.9 Å². The lowest BCUT2D eigenvalue weighted by Crippen LogP contribution is -2.43. The van der Waals surface area contributed by atoms with E-state index in [0.717, 1.165) is 11.8 Å². The average molecular weight is 378 g/mol. The van der Waals surface area contributed by atoms with Crippen LogP contribution in [0, 0.1) is 0 Å². The average Bonchev–Trinajstić information content (AvgIpc) is 3.08. The molecule has 0 spiro atoms. The summed E-state index contributed by atoms with van der Waals surface area (Å²) < 4.78 is 16.9. The van der Waals surface area contributed by atoms with E-state index in [2.05, 4.69) is 20.8 Å². The standard InChI is InChI=1S/C16H18N4O5S/c1-9(2)17-15(22)18-13(21)8-26-16-20-19-14(25-16)12-7-23-10-5-3-4-6-11(10)24-12/h3-6,9,12H,7-8H2,1-2H3,(H2,17,18,21,22)/t12-/m0/s1. The molecule has 0 unspecified atom stereocenters. The molecule has 1 atom stereocenters. The van der Waals surface area contributed by atoms with Gasteiger partial charge in [0.05, 0.1) is 5.75 Å². The highest BCUT2D eigenvalue weighted by atomic mass is 32.2. The summed E-state index contributed by atoms with van der Waals surface area (Å²) in [5.74, 6) is 1.04. The summed E-state index contributed by atoms with van der Waals surface area (Å²) in [4.78, 5) is 23.2. The molecule has 0 bridgehead atoms. The summed E-state index contributed by atoms with van der Waals surface area (Å²) in [6, 6.07) is 6.71. The Morgan fingerprint density at radius 3 is 2.81 bits per heavy atom. The molecular weight excluding hydrogens is 360 g/mol. The second-order valence-electron chi connectivity index (χ2n) is 5.74. The number of carbonyl (C=O) groups is 2. The van der Waals surface area contributed by atoms with Crippen LogP contribution in [0.1, 0.15) is 25.8 Å². The van der Waals surface area contributed by atoms with E-state index in [0.29, 0.717) is 11.5 Å². The summed E-state index contributed by atoms with van der Waals surface area (Å²) in [7, 11) is 0. The smallest absolute Gasteiger partial charge is 0.321 e. The zero-order valence-corrected chi connectivity index (χ0v) is 15.0. The molecule has 2 aromatic rings. The molecule has 1 aliphatic rings. The molecule has 2 N–H and O–H groups in total. The molecule has 1 aromatic carbocycles. The first kappa shape index (κ1) is 18.1. The second-order valence-corrected chi connectivity index (χ2v) is 6.66. The van der Waals surface area contributed by atoms with Gasteiger partial charge in [0.2, 0.25) is 12.0 Å². The lowest BCUT2D eigenvalue weighted by atomic mass is 10.2. The van der Waals surface area contributed by atoms with Crippen LogP contribution in [0.25, 0.3) is 0 Å². The topological polar surface area (TPSA) is 116 Å². The Morgan fingerprint density at radius 1 is 1.27 bits per heavy atom.